The van der Waals surface area contributed by atoms with Gasteiger partial charge in [-0.05, 0) is 44.9 Å². The molecule has 2 unspecified atom stereocenters. The Hall–Kier alpha value is -0.420. The fourth-order valence-electron chi connectivity index (χ4n) is 2.98. The predicted octanol–water partition coefficient (Wildman–Crippen LogP) is 3.34. The van der Waals surface area contributed by atoms with Crippen LogP contribution in [0.5, 0.6) is 0 Å². The second-order valence-corrected chi connectivity index (χ2v) is 7.29. The summed E-state index contributed by atoms with van der Waals surface area (Å²) in [4.78, 5) is 2.46. The van der Waals surface area contributed by atoms with Crippen molar-refractivity contribution in [3.63, 3.8) is 0 Å². The first-order valence-corrected chi connectivity index (χ1v) is 8.06. The Kier molecular flexibility index (Phi) is 5.24. The Labute approximate surface area is 130 Å². The summed E-state index contributed by atoms with van der Waals surface area (Å²) in [5, 5.41) is 0. The lowest BCUT2D eigenvalue weighted by Gasteiger charge is -2.42. The molecule has 0 radical (unpaired) electrons. The second kappa shape index (κ2) is 6.56. The number of ether oxygens (including phenoxy) is 1. The molecule has 1 aromatic carbocycles. The van der Waals surface area contributed by atoms with E-state index >= 15 is 0 Å². The molecular weight excluding hydrogens is 316 g/mol. The van der Waals surface area contributed by atoms with Crippen molar-refractivity contribution in [3.05, 3.63) is 34.3 Å². The number of rotatable bonds is 4. The van der Waals surface area contributed by atoms with E-state index in [0.29, 0.717) is 6.10 Å². The van der Waals surface area contributed by atoms with Crippen LogP contribution in [0.1, 0.15) is 38.8 Å². The van der Waals surface area contributed by atoms with E-state index in [0.717, 1.165) is 30.5 Å². The molecule has 0 aliphatic carbocycles. The zero-order valence-electron chi connectivity index (χ0n) is 12.6. The van der Waals surface area contributed by atoms with Gasteiger partial charge < -0.3 is 10.5 Å². The van der Waals surface area contributed by atoms with Crippen LogP contribution >= 0.6 is 15.9 Å². The summed E-state index contributed by atoms with van der Waals surface area (Å²) in [6, 6.07) is 8.37. The third-order valence-corrected chi connectivity index (χ3v) is 4.17. The molecule has 4 heteroatoms. The zero-order chi connectivity index (χ0) is 14.8. The molecule has 1 aromatic rings. The predicted molar refractivity (Wildman–Crippen MR) is 86.8 cm³/mol. The zero-order valence-corrected chi connectivity index (χ0v) is 14.2. The van der Waals surface area contributed by atoms with Gasteiger partial charge in [0.15, 0.2) is 0 Å². The number of nitrogens with two attached hydrogens (primary N) is 1. The van der Waals surface area contributed by atoms with E-state index in [1.165, 1.54) is 5.56 Å². The third kappa shape index (κ3) is 4.55. The van der Waals surface area contributed by atoms with Crippen LogP contribution in [0, 0.1) is 0 Å². The average molecular weight is 341 g/mol. The summed E-state index contributed by atoms with van der Waals surface area (Å²) in [6.07, 6.45) is 1.26. The van der Waals surface area contributed by atoms with E-state index in [9.17, 15) is 0 Å². The van der Waals surface area contributed by atoms with Gasteiger partial charge in [0.1, 0.15) is 0 Å². The van der Waals surface area contributed by atoms with Gasteiger partial charge >= 0.3 is 0 Å². The number of benzene rings is 1. The summed E-state index contributed by atoms with van der Waals surface area (Å²) in [5.41, 5.74) is 7.44. The molecule has 112 valence electrons. The van der Waals surface area contributed by atoms with Crippen LogP contribution in [0.3, 0.4) is 0 Å². The summed E-state index contributed by atoms with van der Waals surface area (Å²) in [5.74, 6) is 0. The molecule has 1 heterocycles. The molecule has 20 heavy (non-hydrogen) atoms. The SMILES string of the molecule is CC1CN(CCC(N)c2cccc(Br)c2)CC(C)(C)O1. The van der Waals surface area contributed by atoms with Gasteiger partial charge in [0.05, 0.1) is 11.7 Å². The van der Waals surface area contributed by atoms with Crippen molar-refractivity contribution >= 4 is 15.9 Å². The average Bonchev–Trinajstić information content (AvgIpc) is 2.33. The Balaban J connectivity index is 1.88. The van der Waals surface area contributed by atoms with Crippen molar-refractivity contribution in [2.75, 3.05) is 19.6 Å². The summed E-state index contributed by atoms with van der Waals surface area (Å²) < 4.78 is 7.02. The van der Waals surface area contributed by atoms with Gasteiger partial charge in [0, 0.05) is 30.1 Å². The molecule has 1 aliphatic heterocycles. The van der Waals surface area contributed by atoms with Crippen molar-refractivity contribution in [2.24, 2.45) is 5.73 Å². The molecule has 0 saturated carbocycles. The van der Waals surface area contributed by atoms with E-state index in [4.69, 9.17) is 10.5 Å². The van der Waals surface area contributed by atoms with Crippen molar-refractivity contribution in [1.82, 2.24) is 4.90 Å². The van der Waals surface area contributed by atoms with Crippen LogP contribution in [-0.2, 0) is 4.74 Å². The van der Waals surface area contributed by atoms with Crippen molar-refractivity contribution in [3.8, 4) is 0 Å². The number of halogens is 1. The lowest BCUT2D eigenvalue weighted by molar-refractivity contribution is -0.128. The maximum atomic E-state index is 6.30. The molecule has 1 saturated heterocycles. The summed E-state index contributed by atoms with van der Waals surface area (Å²) in [7, 11) is 0. The Morgan fingerprint density at radius 3 is 2.90 bits per heavy atom. The highest BCUT2D eigenvalue weighted by molar-refractivity contribution is 9.10. The quantitative estimate of drug-likeness (QED) is 0.913. The minimum atomic E-state index is -0.0580. The van der Waals surface area contributed by atoms with E-state index in [-0.39, 0.29) is 11.6 Å². The number of hydrogen-bond donors (Lipinski definition) is 1. The lowest BCUT2D eigenvalue weighted by Crippen LogP contribution is -2.52. The highest BCUT2D eigenvalue weighted by Gasteiger charge is 2.31. The first kappa shape index (κ1) is 16.0. The molecular formula is C16H25BrN2O. The molecule has 1 fully saturated rings. The van der Waals surface area contributed by atoms with Crippen molar-refractivity contribution in [2.45, 2.75) is 44.9 Å². The van der Waals surface area contributed by atoms with Crippen molar-refractivity contribution in [1.29, 1.82) is 0 Å². The van der Waals surface area contributed by atoms with E-state index < -0.39 is 0 Å². The molecule has 2 rings (SSSR count). The van der Waals surface area contributed by atoms with Gasteiger partial charge in [-0.15, -0.1) is 0 Å². The van der Waals surface area contributed by atoms with Gasteiger partial charge in [-0.3, -0.25) is 4.90 Å². The molecule has 0 amide bonds. The van der Waals surface area contributed by atoms with Crippen molar-refractivity contribution < 1.29 is 4.74 Å². The summed E-state index contributed by atoms with van der Waals surface area (Å²) in [6.45, 7) is 9.44. The first-order valence-electron chi connectivity index (χ1n) is 7.27. The molecule has 3 nitrogen and oxygen atoms in total. The van der Waals surface area contributed by atoms with Gasteiger partial charge in [0.2, 0.25) is 0 Å². The highest BCUT2D eigenvalue weighted by atomic mass is 79.9. The van der Waals surface area contributed by atoms with Gasteiger partial charge in [-0.1, -0.05) is 28.1 Å². The lowest BCUT2D eigenvalue weighted by atomic mass is 10.0. The normalized spacial score (nSPS) is 24.6. The standard InChI is InChI=1S/C16H25BrN2O/c1-12-10-19(11-16(2,3)20-12)8-7-15(18)13-5-4-6-14(17)9-13/h4-6,9,12,15H,7-8,10-11,18H2,1-3H3. The Morgan fingerprint density at radius 2 is 2.25 bits per heavy atom. The molecule has 1 aliphatic rings. The van der Waals surface area contributed by atoms with Gasteiger partial charge in [-0.25, -0.2) is 0 Å². The fourth-order valence-corrected chi connectivity index (χ4v) is 3.40. The number of morpholine rings is 1. The molecule has 2 N–H and O–H groups in total. The molecule has 0 aromatic heterocycles. The van der Waals surface area contributed by atoms with Crippen LogP contribution in [0.15, 0.2) is 28.7 Å². The Morgan fingerprint density at radius 1 is 1.50 bits per heavy atom. The van der Waals surface area contributed by atoms with E-state index in [2.05, 4.69) is 53.7 Å². The van der Waals surface area contributed by atoms with E-state index in [1.807, 2.05) is 12.1 Å². The van der Waals surface area contributed by atoms with E-state index in [1.54, 1.807) is 0 Å². The van der Waals surface area contributed by atoms with Crippen LogP contribution in [-0.4, -0.2) is 36.2 Å². The monoisotopic (exact) mass is 340 g/mol. The smallest absolute Gasteiger partial charge is 0.0757 e. The number of hydrogen-bond acceptors (Lipinski definition) is 3. The first-order chi connectivity index (χ1) is 9.35. The highest BCUT2D eigenvalue weighted by Crippen LogP contribution is 2.23. The van der Waals surface area contributed by atoms with Crippen LogP contribution in [0.25, 0.3) is 0 Å². The van der Waals surface area contributed by atoms with Crippen LogP contribution in [0.4, 0.5) is 0 Å². The minimum Gasteiger partial charge on any atom is -0.370 e. The largest absolute Gasteiger partial charge is 0.370 e. The topological polar surface area (TPSA) is 38.5 Å². The minimum absolute atomic E-state index is 0.0580. The Bertz CT molecular complexity index is 450. The maximum absolute atomic E-state index is 6.30. The van der Waals surface area contributed by atoms with Gasteiger partial charge in [-0.2, -0.15) is 0 Å². The summed E-state index contributed by atoms with van der Waals surface area (Å²) >= 11 is 3.50. The number of nitrogens with zero attached hydrogens (tertiary/aromatic N) is 1. The maximum Gasteiger partial charge on any atom is 0.0757 e. The van der Waals surface area contributed by atoms with Crippen LogP contribution in [0.2, 0.25) is 0 Å². The molecule has 2 atom stereocenters. The third-order valence-electron chi connectivity index (χ3n) is 3.67. The molecule has 0 spiro atoms. The second-order valence-electron chi connectivity index (χ2n) is 6.37. The molecule has 0 bridgehead atoms. The van der Waals surface area contributed by atoms with Crippen LogP contribution < -0.4 is 5.73 Å². The van der Waals surface area contributed by atoms with Gasteiger partial charge in [0.25, 0.3) is 0 Å². The fraction of sp³-hybridized carbons (Fsp3) is 0.625.